The van der Waals surface area contributed by atoms with Crippen molar-refractivity contribution in [3.05, 3.63) is 0 Å². The van der Waals surface area contributed by atoms with Gasteiger partial charge in [-0.2, -0.15) is 0 Å². The molecule has 92 valence electrons. The molecule has 0 amide bonds. The predicted octanol–water partition coefficient (Wildman–Crippen LogP) is 4.37. The lowest BCUT2D eigenvalue weighted by molar-refractivity contribution is 0.284. The highest BCUT2D eigenvalue weighted by molar-refractivity contribution is 4.76. The summed E-state index contributed by atoms with van der Waals surface area (Å²) < 4.78 is 0. The number of nitrogens with one attached hydrogen (secondary N) is 1. The van der Waals surface area contributed by atoms with Gasteiger partial charge in [0.05, 0.1) is 0 Å². The molecule has 2 unspecified atom stereocenters. The lowest BCUT2D eigenvalue weighted by Crippen LogP contribution is -2.40. The lowest BCUT2D eigenvalue weighted by atomic mass is 9.88. The maximum absolute atomic E-state index is 3.72. The first kappa shape index (κ1) is 15.0. The van der Waals surface area contributed by atoms with Crippen molar-refractivity contribution in [1.29, 1.82) is 0 Å². The molecule has 1 nitrogen and oxygen atoms in total. The molecule has 0 bridgehead atoms. The Hall–Kier alpha value is -0.0400. The Balaban J connectivity index is 4.12. The molecular weight excluding hydrogens is 182 g/mol. The summed E-state index contributed by atoms with van der Waals surface area (Å²) in [7, 11) is 0. The van der Waals surface area contributed by atoms with E-state index in [-0.39, 0.29) is 0 Å². The Morgan fingerprint density at radius 3 is 2.00 bits per heavy atom. The summed E-state index contributed by atoms with van der Waals surface area (Å²) in [5.74, 6) is 0.891. The van der Waals surface area contributed by atoms with Crippen LogP contribution in [0.3, 0.4) is 0 Å². The summed E-state index contributed by atoms with van der Waals surface area (Å²) in [5, 5.41) is 3.72. The molecule has 0 aromatic rings. The summed E-state index contributed by atoms with van der Waals surface area (Å²) in [6.07, 6.45) is 8.11. The van der Waals surface area contributed by atoms with Gasteiger partial charge in [0.15, 0.2) is 0 Å². The van der Waals surface area contributed by atoms with Gasteiger partial charge < -0.3 is 5.32 Å². The Morgan fingerprint density at radius 1 is 0.933 bits per heavy atom. The second-order valence-corrected chi connectivity index (χ2v) is 5.03. The number of hydrogen-bond acceptors (Lipinski definition) is 1. The highest BCUT2D eigenvalue weighted by Crippen LogP contribution is 2.21. The SMILES string of the molecule is CCCCC(CCC)C(CC)NC(C)C. The Labute approximate surface area is 97.0 Å². The van der Waals surface area contributed by atoms with Crippen molar-refractivity contribution in [1.82, 2.24) is 5.32 Å². The van der Waals surface area contributed by atoms with E-state index < -0.39 is 0 Å². The van der Waals surface area contributed by atoms with Crippen LogP contribution < -0.4 is 5.32 Å². The first-order valence-corrected chi connectivity index (χ1v) is 6.91. The quantitative estimate of drug-likeness (QED) is 0.600. The second kappa shape index (κ2) is 9.21. The van der Waals surface area contributed by atoms with Gasteiger partial charge in [-0.25, -0.2) is 0 Å². The first-order valence-electron chi connectivity index (χ1n) is 6.91. The Morgan fingerprint density at radius 2 is 1.60 bits per heavy atom. The maximum atomic E-state index is 3.72. The molecule has 0 aliphatic rings. The molecule has 0 heterocycles. The van der Waals surface area contributed by atoms with E-state index >= 15 is 0 Å². The highest BCUT2D eigenvalue weighted by Gasteiger charge is 2.18. The van der Waals surface area contributed by atoms with Crippen molar-refractivity contribution in [2.45, 2.75) is 85.2 Å². The van der Waals surface area contributed by atoms with Crippen molar-refractivity contribution >= 4 is 0 Å². The summed E-state index contributed by atoms with van der Waals surface area (Å²) in [6, 6.07) is 1.35. The van der Waals surface area contributed by atoms with E-state index in [2.05, 4.69) is 39.9 Å². The normalized spacial score (nSPS) is 15.6. The smallest absolute Gasteiger partial charge is 0.00950 e. The third-order valence-electron chi connectivity index (χ3n) is 3.14. The Bertz CT molecular complexity index is 131. The van der Waals surface area contributed by atoms with Gasteiger partial charge in [0.1, 0.15) is 0 Å². The largest absolute Gasteiger partial charge is 0.312 e. The van der Waals surface area contributed by atoms with Crippen LogP contribution in [0.2, 0.25) is 0 Å². The summed E-state index contributed by atoms with van der Waals surface area (Å²) in [5.41, 5.74) is 0. The molecule has 0 radical (unpaired) electrons. The van der Waals surface area contributed by atoms with Crippen LogP contribution in [0, 0.1) is 5.92 Å². The van der Waals surface area contributed by atoms with E-state index in [4.69, 9.17) is 0 Å². The van der Waals surface area contributed by atoms with Crippen LogP contribution in [0.15, 0.2) is 0 Å². The highest BCUT2D eigenvalue weighted by atomic mass is 14.9. The van der Waals surface area contributed by atoms with Crippen LogP contribution in [0.25, 0.3) is 0 Å². The lowest BCUT2D eigenvalue weighted by Gasteiger charge is -2.29. The fourth-order valence-corrected chi connectivity index (χ4v) is 2.40. The molecule has 0 spiro atoms. The molecule has 0 aromatic carbocycles. The molecule has 2 atom stereocenters. The van der Waals surface area contributed by atoms with Gasteiger partial charge in [-0.1, -0.05) is 53.9 Å². The van der Waals surface area contributed by atoms with Crippen molar-refractivity contribution < 1.29 is 0 Å². The monoisotopic (exact) mass is 213 g/mol. The summed E-state index contributed by atoms with van der Waals surface area (Å²) in [6.45, 7) is 11.4. The van der Waals surface area contributed by atoms with Gasteiger partial charge in [0.25, 0.3) is 0 Å². The zero-order chi connectivity index (χ0) is 11.7. The zero-order valence-electron chi connectivity index (χ0n) is 11.5. The molecule has 0 fully saturated rings. The minimum atomic E-state index is 0.621. The van der Waals surface area contributed by atoms with Crippen molar-refractivity contribution in [2.24, 2.45) is 5.92 Å². The zero-order valence-corrected chi connectivity index (χ0v) is 11.5. The molecule has 1 N–H and O–H groups in total. The van der Waals surface area contributed by atoms with Crippen molar-refractivity contribution in [3.63, 3.8) is 0 Å². The number of hydrogen-bond donors (Lipinski definition) is 1. The fourth-order valence-electron chi connectivity index (χ4n) is 2.40. The van der Waals surface area contributed by atoms with Crippen LogP contribution in [0.4, 0.5) is 0 Å². The average molecular weight is 213 g/mol. The molecule has 1 heteroatoms. The minimum Gasteiger partial charge on any atom is -0.312 e. The van der Waals surface area contributed by atoms with Crippen LogP contribution in [-0.4, -0.2) is 12.1 Å². The molecule has 0 aliphatic carbocycles. The minimum absolute atomic E-state index is 0.621. The fraction of sp³-hybridized carbons (Fsp3) is 1.00. The molecule has 0 aliphatic heterocycles. The topological polar surface area (TPSA) is 12.0 Å². The van der Waals surface area contributed by atoms with Gasteiger partial charge in [0.2, 0.25) is 0 Å². The van der Waals surface area contributed by atoms with E-state index in [9.17, 15) is 0 Å². The predicted molar refractivity (Wildman–Crippen MR) is 70.3 cm³/mol. The molecule has 0 aromatic heterocycles. The molecule has 0 saturated heterocycles. The van der Waals surface area contributed by atoms with Crippen molar-refractivity contribution in [2.75, 3.05) is 0 Å². The average Bonchev–Trinajstić information content (AvgIpc) is 2.20. The third-order valence-corrected chi connectivity index (χ3v) is 3.14. The second-order valence-electron chi connectivity index (χ2n) is 5.03. The van der Waals surface area contributed by atoms with Crippen LogP contribution in [0.5, 0.6) is 0 Å². The molecule has 15 heavy (non-hydrogen) atoms. The third kappa shape index (κ3) is 6.94. The molecular formula is C14H31N. The summed E-state index contributed by atoms with van der Waals surface area (Å²) >= 11 is 0. The van der Waals surface area contributed by atoms with Gasteiger partial charge in [-0.3, -0.25) is 0 Å². The van der Waals surface area contributed by atoms with Gasteiger partial charge >= 0.3 is 0 Å². The van der Waals surface area contributed by atoms with Gasteiger partial charge in [0, 0.05) is 12.1 Å². The van der Waals surface area contributed by atoms with Gasteiger partial charge in [-0.05, 0) is 25.2 Å². The van der Waals surface area contributed by atoms with E-state index in [1.165, 1.54) is 38.5 Å². The van der Waals surface area contributed by atoms with Crippen LogP contribution >= 0.6 is 0 Å². The van der Waals surface area contributed by atoms with E-state index in [1.54, 1.807) is 0 Å². The number of unbranched alkanes of at least 4 members (excludes halogenated alkanes) is 1. The standard InChI is InChI=1S/C14H31N/c1-6-9-11-13(10-7-2)14(8-3)15-12(4)5/h12-15H,6-11H2,1-5H3. The molecule has 0 rings (SSSR count). The molecule has 0 saturated carbocycles. The number of rotatable bonds is 9. The maximum Gasteiger partial charge on any atom is 0.00950 e. The van der Waals surface area contributed by atoms with Crippen LogP contribution in [0.1, 0.15) is 73.1 Å². The van der Waals surface area contributed by atoms with E-state index in [1.807, 2.05) is 0 Å². The Kier molecular flexibility index (Phi) is 9.18. The van der Waals surface area contributed by atoms with E-state index in [0.29, 0.717) is 6.04 Å². The summed E-state index contributed by atoms with van der Waals surface area (Å²) in [4.78, 5) is 0. The van der Waals surface area contributed by atoms with Crippen LogP contribution in [-0.2, 0) is 0 Å². The van der Waals surface area contributed by atoms with Crippen molar-refractivity contribution in [3.8, 4) is 0 Å². The first-order chi connectivity index (χ1) is 7.15. The van der Waals surface area contributed by atoms with Gasteiger partial charge in [-0.15, -0.1) is 0 Å². The van der Waals surface area contributed by atoms with E-state index in [0.717, 1.165) is 12.0 Å².